The van der Waals surface area contributed by atoms with E-state index >= 15 is 0 Å². The zero-order chi connectivity index (χ0) is 18.1. The van der Waals surface area contributed by atoms with E-state index in [1.165, 1.54) is 0 Å². The third-order valence-corrected chi connectivity index (χ3v) is 4.68. The molecule has 1 saturated heterocycles. The van der Waals surface area contributed by atoms with E-state index in [0.29, 0.717) is 0 Å². The SMILES string of the molecule is CC(C)Oc1cccc(-c2cnc3c(N4CCC(O)CC4)nccn23)c1. The van der Waals surface area contributed by atoms with Crippen molar-refractivity contribution in [3.8, 4) is 17.0 Å². The quantitative estimate of drug-likeness (QED) is 0.781. The first-order valence-corrected chi connectivity index (χ1v) is 9.14. The van der Waals surface area contributed by atoms with Crippen LogP contribution in [0.25, 0.3) is 16.9 Å². The zero-order valence-corrected chi connectivity index (χ0v) is 15.2. The lowest BCUT2D eigenvalue weighted by Crippen LogP contribution is -2.36. The maximum atomic E-state index is 9.75. The Kier molecular flexibility index (Phi) is 4.51. The Hall–Kier alpha value is -2.60. The molecular formula is C20H24N4O2. The number of imidazole rings is 1. The van der Waals surface area contributed by atoms with Gasteiger partial charge >= 0.3 is 0 Å². The smallest absolute Gasteiger partial charge is 0.180 e. The Bertz CT molecular complexity index is 898. The lowest BCUT2D eigenvalue weighted by molar-refractivity contribution is 0.145. The minimum Gasteiger partial charge on any atom is -0.491 e. The molecule has 0 radical (unpaired) electrons. The van der Waals surface area contributed by atoms with Gasteiger partial charge in [-0.05, 0) is 38.8 Å². The second-order valence-corrected chi connectivity index (χ2v) is 7.00. The number of hydrogen-bond acceptors (Lipinski definition) is 5. The zero-order valence-electron chi connectivity index (χ0n) is 15.2. The van der Waals surface area contributed by atoms with E-state index in [0.717, 1.165) is 54.4 Å². The molecule has 0 unspecified atom stereocenters. The van der Waals surface area contributed by atoms with Crippen LogP contribution in [0.4, 0.5) is 5.82 Å². The summed E-state index contributed by atoms with van der Waals surface area (Å²) in [4.78, 5) is 11.4. The fraction of sp³-hybridized carbons (Fsp3) is 0.400. The number of hydrogen-bond donors (Lipinski definition) is 1. The van der Waals surface area contributed by atoms with Gasteiger partial charge in [-0.15, -0.1) is 0 Å². The molecule has 26 heavy (non-hydrogen) atoms. The van der Waals surface area contributed by atoms with Crippen LogP contribution in [-0.4, -0.2) is 44.8 Å². The largest absolute Gasteiger partial charge is 0.491 e. The first kappa shape index (κ1) is 16.8. The second-order valence-electron chi connectivity index (χ2n) is 7.00. The Morgan fingerprint density at radius 2 is 2.00 bits per heavy atom. The molecule has 136 valence electrons. The number of piperidine rings is 1. The van der Waals surface area contributed by atoms with Gasteiger partial charge in [0.1, 0.15) is 5.75 Å². The number of anilines is 1. The molecule has 1 aliphatic heterocycles. The van der Waals surface area contributed by atoms with Gasteiger partial charge in [0.05, 0.1) is 24.1 Å². The minimum atomic E-state index is -0.204. The monoisotopic (exact) mass is 352 g/mol. The van der Waals surface area contributed by atoms with Gasteiger partial charge in [-0.3, -0.25) is 4.40 Å². The summed E-state index contributed by atoms with van der Waals surface area (Å²) in [7, 11) is 0. The second kappa shape index (κ2) is 6.96. The van der Waals surface area contributed by atoms with Crippen molar-refractivity contribution >= 4 is 11.5 Å². The summed E-state index contributed by atoms with van der Waals surface area (Å²) in [6, 6.07) is 8.08. The third kappa shape index (κ3) is 3.24. The van der Waals surface area contributed by atoms with Gasteiger partial charge in [-0.2, -0.15) is 0 Å². The Balaban J connectivity index is 1.71. The summed E-state index contributed by atoms with van der Waals surface area (Å²) < 4.78 is 7.89. The van der Waals surface area contributed by atoms with Crippen LogP contribution < -0.4 is 9.64 Å². The molecule has 6 nitrogen and oxygen atoms in total. The fourth-order valence-electron chi connectivity index (χ4n) is 3.42. The highest BCUT2D eigenvalue weighted by atomic mass is 16.5. The van der Waals surface area contributed by atoms with Crippen molar-refractivity contribution in [2.24, 2.45) is 0 Å². The molecule has 3 heterocycles. The number of fused-ring (bicyclic) bond motifs is 1. The molecule has 3 aromatic rings. The maximum absolute atomic E-state index is 9.75. The summed E-state index contributed by atoms with van der Waals surface area (Å²) in [6.07, 6.45) is 7.11. The van der Waals surface area contributed by atoms with Crippen molar-refractivity contribution in [3.63, 3.8) is 0 Å². The number of aliphatic hydroxyl groups excluding tert-OH is 1. The van der Waals surface area contributed by atoms with Gasteiger partial charge in [0, 0.05) is 31.0 Å². The molecule has 6 heteroatoms. The van der Waals surface area contributed by atoms with Gasteiger partial charge in [0.25, 0.3) is 0 Å². The van der Waals surface area contributed by atoms with E-state index in [1.807, 2.05) is 50.6 Å². The van der Waals surface area contributed by atoms with E-state index in [2.05, 4.69) is 25.3 Å². The molecule has 0 atom stereocenters. The highest BCUT2D eigenvalue weighted by Crippen LogP contribution is 2.28. The Morgan fingerprint density at radius 3 is 2.77 bits per heavy atom. The summed E-state index contributed by atoms with van der Waals surface area (Å²) in [6.45, 7) is 5.64. The van der Waals surface area contributed by atoms with Gasteiger partial charge in [-0.1, -0.05) is 12.1 Å². The number of nitrogens with zero attached hydrogens (tertiary/aromatic N) is 4. The van der Waals surface area contributed by atoms with E-state index in [9.17, 15) is 5.11 Å². The van der Waals surface area contributed by atoms with Crippen molar-refractivity contribution in [2.75, 3.05) is 18.0 Å². The molecule has 1 aliphatic rings. The number of benzene rings is 1. The van der Waals surface area contributed by atoms with Crippen molar-refractivity contribution in [3.05, 3.63) is 42.9 Å². The van der Waals surface area contributed by atoms with E-state index in [1.54, 1.807) is 0 Å². The van der Waals surface area contributed by atoms with Gasteiger partial charge in [0.2, 0.25) is 0 Å². The van der Waals surface area contributed by atoms with E-state index < -0.39 is 0 Å². The van der Waals surface area contributed by atoms with Crippen LogP contribution in [-0.2, 0) is 0 Å². The summed E-state index contributed by atoms with van der Waals surface area (Å²) in [5, 5.41) is 9.75. The van der Waals surface area contributed by atoms with E-state index in [4.69, 9.17) is 4.74 Å². The van der Waals surface area contributed by atoms with Gasteiger partial charge < -0.3 is 14.7 Å². The molecule has 2 aromatic heterocycles. The van der Waals surface area contributed by atoms with Crippen molar-refractivity contribution in [1.82, 2.24) is 14.4 Å². The molecule has 1 aromatic carbocycles. The van der Waals surface area contributed by atoms with Crippen molar-refractivity contribution < 1.29 is 9.84 Å². The summed E-state index contributed by atoms with van der Waals surface area (Å²) >= 11 is 0. The molecule has 1 N–H and O–H groups in total. The fourth-order valence-corrected chi connectivity index (χ4v) is 3.42. The molecule has 1 fully saturated rings. The number of aliphatic hydroxyl groups is 1. The predicted molar refractivity (Wildman–Crippen MR) is 102 cm³/mol. The highest BCUT2D eigenvalue weighted by molar-refractivity contribution is 5.72. The molecule has 0 aliphatic carbocycles. The molecule has 0 spiro atoms. The first-order chi connectivity index (χ1) is 12.6. The first-order valence-electron chi connectivity index (χ1n) is 9.14. The summed E-state index contributed by atoms with van der Waals surface area (Å²) in [5.74, 6) is 1.73. The Morgan fingerprint density at radius 1 is 1.19 bits per heavy atom. The van der Waals surface area contributed by atoms with Crippen LogP contribution in [0.3, 0.4) is 0 Å². The molecule has 0 bridgehead atoms. The molecule has 0 saturated carbocycles. The molecule has 4 rings (SSSR count). The summed E-state index contributed by atoms with van der Waals surface area (Å²) in [5.41, 5.74) is 2.91. The normalized spacial score (nSPS) is 15.8. The third-order valence-electron chi connectivity index (χ3n) is 4.68. The topological polar surface area (TPSA) is 62.9 Å². The average molecular weight is 352 g/mol. The molecular weight excluding hydrogens is 328 g/mol. The van der Waals surface area contributed by atoms with Crippen LogP contribution in [0.2, 0.25) is 0 Å². The lowest BCUT2D eigenvalue weighted by atomic mass is 10.1. The number of aromatic nitrogens is 3. The van der Waals surface area contributed by atoms with Crippen LogP contribution in [0.1, 0.15) is 26.7 Å². The standard InChI is InChI=1S/C20H24N4O2/c1-14(2)26-17-5-3-4-15(12-17)18-13-22-20-19(21-8-11-24(18)20)23-9-6-16(25)7-10-23/h3-5,8,11-14,16,25H,6-7,9-10H2,1-2H3. The van der Waals surface area contributed by atoms with Gasteiger partial charge in [0.15, 0.2) is 11.5 Å². The van der Waals surface area contributed by atoms with Crippen molar-refractivity contribution in [2.45, 2.75) is 38.9 Å². The highest BCUT2D eigenvalue weighted by Gasteiger charge is 2.21. The van der Waals surface area contributed by atoms with Crippen LogP contribution >= 0.6 is 0 Å². The van der Waals surface area contributed by atoms with E-state index in [-0.39, 0.29) is 12.2 Å². The van der Waals surface area contributed by atoms with Crippen LogP contribution in [0.5, 0.6) is 5.75 Å². The predicted octanol–water partition coefficient (Wildman–Crippen LogP) is 3.14. The van der Waals surface area contributed by atoms with Gasteiger partial charge in [-0.25, -0.2) is 9.97 Å². The molecule has 0 amide bonds. The lowest BCUT2D eigenvalue weighted by Gasteiger charge is -2.30. The van der Waals surface area contributed by atoms with Crippen LogP contribution in [0, 0.1) is 0 Å². The Labute approximate surface area is 153 Å². The minimum absolute atomic E-state index is 0.137. The maximum Gasteiger partial charge on any atom is 0.180 e. The number of rotatable bonds is 4. The average Bonchev–Trinajstić information content (AvgIpc) is 3.06. The van der Waals surface area contributed by atoms with Crippen molar-refractivity contribution in [1.29, 1.82) is 0 Å². The number of ether oxygens (including phenoxy) is 1. The van der Waals surface area contributed by atoms with Crippen LogP contribution in [0.15, 0.2) is 42.9 Å².